The standard InChI is InChI=1S/C32H54N2O7/c1-7-8-14-34-32(37)24(4)18-29(36)28(33)21-26(23(2)3)19-25-12-13-30(31(20-25)41-17-10-15-38-5)40-16-9-11-27(22-35)39-6/h12-13,20,23-24,26,28-29,36H,7-11,14-19,21,33H2,1-6H3,(H,34,37)/t24-,26+,28+,29+/m1/s1. The molecule has 0 unspecified atom stereocenters. The van der Waals surface area contributed by atoms with Gasteiger partial charge in [-0.05, 0) is 61.6 Å². The zero-order valence-electron chi connectivity index (χ0n) is 26.1. The number of nitrogens with one attached hydrogen (secondary N) is 1. The maximum absolute atomic E-state index is 12.3. The van der Waals surface area contributed by atoms with Gasteiger partial charge in [0.1, 0.15) is 0 Å². The Balaban J connectivity index is 2.86. The molecule has 0 aliphatic carbocycles. The van der Waals surface area contributed by atoms with Gasteiger partial charge in [-0.25, -0.2) is 4.79 Å². The summed E-state index contributed by atoms with van der Waals surface area (Å²) in [6, 6.07) is 5.52. The summed E-state index contributed by atoms with van der Waals surface area (Å²) in [6.07, 6.45) is 4.75. The fourth-order valence-corrected chi connectivity index (χ4v) is 4.51. The van der Waals surface area contributed by atoms with E-state index in [9.17, 15) is 14.7 Å². The lowest BCUT2D eigenvalue weighted by molar-refractivity contribution is -0.125. The van der Waals surface area contributed by atoms with Crippen molar-refractivity contribution in [3.05, 3.63) is 29.5 Å². The molecule has 0 saturated heterocycles. The summed E-state index contributed by atoms with van der Waals surface area (Å²) in [4.78, 5) is 23.2. The van der Waals surface area contributed by atoms with Crippen LogP contribution in [0.3, 0.4) is 0 Å². The van der Waals surface area contributed by atoms with Crippen molar-refractivity contribution in [3.63, 3.8) is 0 Å². The number of nitrogens with two attached hydrogens (primary N) is 1. The molecule has 4 N–H and O–H groups in total. The molecule has 0 aliphatic heterocycles. The number of allylic oxidation sites excluding steroid dienone is 1. The van der Waals surface area contributed by atoms with Gasteiger partial charge in [-0.3, -0.25) is 4.79 Å². The second-order valence-corrected chi connectivity index (χ2v) is 11.1. The first-order valence-electron chi connectivity index (χ1n) is 15.0. The van der Waals surface area contributed by atoms with Gasteiger partial charge in [0.25, 0.3) is 0 Å². The van der Waals surface area contributed by atoms with Crippen LogP contribution in [0.25, 0.3) is 0 Å². The molecule has 0 aromatic heterocycles. The molecular weight excluding hydrogens is 524 g/mol. The quantitative estimate of drug-likeness (QED) is 0.0986. The predicted octanol–water partition coefficient (Wildman–Crippen LogP) is 4.46. The molecule has 1 aromatic carbocycles. The van der Waals surface area contributed by atoms with Crippen molar-refractivity contribution in [2.24, 2.45) is 23.5 Å². The van der Waals surface area contributed by atoms with Gasteiger partial charge in [-0.15, -0.1) is 0 Å². The Morgan fingerprint density at radius 1 is 1.02 bits per heavy atom. The van der Waals surface area contributed by atoms with E-state index in [1.807, 2.05) is 25.1 Å². The average molecular weight is 579 g/mol. The maximum atomic E-state index is 12.3. The molecule has 0 heterocycles. The van der Waals surface area contributed by atoms with Crippen LogP contribution in [0.15, 0.2) is 24.0 Å². The Hall–Kier alpha value is -2.58. The van der Waals surface area contributed by atoms with E-state index in [0.717, 1.165) is 31.2 Å². The summed E-state index contributed by atoms with van der Waals surface area (Å²) < 4.78 is 22.2. The van der Waals surface area contributed by atoms with E-state index in [2.05, 4.69) is 26.1 Å². The number of aliphatic hydroxyl groups excluding tert-OH is 1. The number of aliphatic hydroxyl groups is 1. The van der Waals surface area contributed by atoms with Gasteiger partial charge >= 0.3 is 0 Å². The SMILES string of the molecule is CCCCNC(=O)[C@H](C)C[C@H](O)[C@@H](N)C[C@H](Cc1ccc(OCCCC(=C=O)OC)c(OCCCOC)c1)C(C)C. The molecule has 1 aromatic rings. The molecule has 9 nitrogen and oxygen atoms in total. The molecule has 9 heteroatoms. The summed E-state index contributed by atoms with van der Waals surface area (Å²) in [5.74, 6) is 3.59. The maximum Gasteiger partial charge on any atom is 0.222 e. The molecule has 1 amide bonds. The number of hydrogen-bond donors (Lipinski definition) is 3. The van der Waals surface area contributed by atoms with Gasteiger partial charge in [0.05, 0.1) is 26.4 Å². The van der Waals surface area contributed by atoms with E-state index in [1.54, 1.807) is 13.1 Å². The zero-order chi connectivity index (χ0) is 30.6. The molecule has 41 heavy (non-hydrogen) atoms. The Morgan fingerprint density at radius 2 is 1.73 bits per heavy atom. The van der Waals surface area contributed by atoms with Crippen molar-refractivity contribution < 1.29 is 33.6 Å². The molecule has 0 radical (unpaired) electrons. The van der Waals surface area contributed by atoms with Crippen LogP contribution in [0.1, 0.15) is 78.2 Å². The first-order chi connectivity index (χ1) is 19.7. The summed E-state index contributed by atoms with van der Waals surface area (Å²) in [6.45, 7) is 10.4. The Labute approximate surface area is 247 Å². The van der Waals surface area contributed by atoms with Gasteiger partial charge in [-0.1, -0.05) is 40.2 Å². The molecule has 4 atom stereocenters. The van der Waals surface area contributed by atoms with Crippen LogP contribution in [0.5, 0.6) is 11.5 Å². The molecule has 1 rings (SSSR count). The minimum atomic E-state index is -0.758. The van der Waals surface area contributed by atoms with Gasteiger partial charge in [0.2, 0.25) is 5.91 Å². The zero-order valence-corrected chi connectivity index (χ0v) is 26.1. The predicted molar refractivity (Wildman–Crippen MR) is 162 cm³/mol. The minimum Gasteiger partial charge on any atom is -0.490 e. The van der Waals surface area contributed by atoms with Crippen molar-refractivity contribution in [3.8, 4) is 11.5 Å². The molecule has 234 valence electrons. The Kier molecular flexibility index (Phi) is 18.8. The van der Waals surface area contributed by atoms with Crippen molar-refractivity contribution >= 4 is 11.8 Å². The number of rotatable bonds is 23. The lowest BCUT2D eigenvalue weighted by Gasteiger charge is -2.28. The Morgan fingerprint density at radius 3 is 2.37 bits per heavy atom. The van der Waals surface area contributed by atoms with Crippen LogP contribution in [-0.2, 0) is 25.5 Å². The molecule has 0 bridgehead atoms. The second-order valence-electron chi connectivity index (χ2n) is 11.1. The smallest absolute Gasteiger partial charge is 0.222 e. The fraction of sp³-hybridized carbons (Fsp3) is 0.719. The van der Waals surface area contributed by atoms with E-state index in [1.165, 1.54) is 7.11 Å². The monoisotopic (exact) mass is 578 g/mol. The topological polar surface area (TPSA) is 129 Å². The van der Waals surface area contributed by atoms with Crippen LogP contribution in [0.2, 0.25) is 0 Å². The molecule has 0 spiro atoms. The normalized spacial score (nSPS) is 14.1. The molecular formula is C32H54N2O7. The number of hydrogen-bond acceptors (Lipinski definition) is 8. The minimum absolute atomic E-state index is 0.0372. The van der Waals surface area contributed by atoms with E-state index in [-0.39, 0.29) is 23.5 Å². The first-order valence-corrected chi connectivity index (χ1v) is 15.0. The Bertz CT molecular complexity index is 917. The van der Waals surface area contributed by atoms with Crippen LogP contribution in [-0.4, -0.2) is 69.7 Å². The van der Waals surface area contributed by atoms with Crippen LogP contribution in [0.4, 0.5) is 0 Å². The van der Waals surface area contributed by atoms with Crippen LogP contribution in [0, 0.1) is 17.8 Å². The molecule has 0 fully saturated rings. The van der Waals surface area contributed by atoms with Gasteiger partial charge < -0.3 is 35.1 Å². The number of carbonyl (C=O) groups excluding carboxylic acids is 2. The van der Waals surface area contributed by atoms with E-state index in [0.29, 0.717) is 69.5 Å². The van der Waals surface area contributed by atoms with Crippen molar-refractivity contribution in [2.45, 2.75) is 91.2 Å². The highest BCUT2D eigenvalue weighted by Gasteiger charge is 2.26. The first kappa shape index (κ1) is 36.4. The van der Waals surface area contributed by atoms with Crippen molar-refractivity contribution in [2.75, 3.05) is 40.6 Å². The lowest BCUT2D eigenvalue weighted by atomic mass is 9.82. The highest BCUT2D eigenvalue weighted by Crippen LogP contribution is 2.32. The van der Waals surface area contributed by atoms with Crippen LogP contribution < -0.4 is 20.5 Å². The molecule has 0 saturated carbocycles. The third kappa shape index (κ3) is 14.7. The molecule has 0 aliphatic rings. The number of methoxy groups -OCH3 is 2. The van der Waals surface area contributed by atoms with Crippen molar-refractivity contribution in [1.29, 1.82) is 0 Å². The number of benzene rings is 1. The van der Waals surface area contributed by atoms with E-state index in [4.69, 9.17) is 24.7 Å². The van der Waals surface area contributed by atoms with Gasteiger partial charge in [0, 0.05) is 45.1 Å². The number of amides is 1. The van der Waals surface area contributed by atoms with E-state index >= 15 is 0 Å². The highest BCUT2D eigenvalue weighted by molar-refractivity contribution is 5.78. The average Bonchev–Trinajstić information content (AvgIpc) is 2.95. The summed E-state index contributed by atoms with van der Waals surface area (Å²) in [5.41, 5.74) is 7.56. The van der Waals surface area contributed by atoms with Gasteiger partial charge in [0.15, 0.2) is 23.2 Å². The number of ether oxygens (including phenoxy) is 4. The summed E-state index contributed by atoms with van der Waals surface area (Å²) >= 11 is 0. The number of carbonyl (C=O) groups is 1. The summed E-state index contributed by atoms with van der Waals surface area (Å²) in [5, 5.41) is 13.7. The summed E-state index contributed by atoms with van der Waals surface area (Å²) in [7, 11) is 3.12. The lowest BCUT2D eigenvalue weighted by Crippen LogP contribution is -2.41. The largest absolute Gasteiger partial charge is 0.490 e. The highest BCUT2D eigenvalue weighted by atomic mass is 16.5. The van der Waals surface area contributed by atoms with Crippen molar-refractivity contribution in [1.82, 2.24) is 5.32 Å². The third-order valence-electron chi connectivity index (χ3n) is 7.31. The third-order valence-corrected chi connectivity index (χ3v) is 7.31. The number of unbranched alkanes of at least 4 members (excludes halogenated alkanes) is 1. The fourth-order valence-electron chi connectivity index (χ4n) is 4.51. The second kappa shape index (κ2) is 21.2. The van der Waals surface area contributed by atoms with Gasteiger partial charge in [-0.2, -0.15) is 0 Å². The van der Waals surface area contributed by atoms with E-state index < -0.39 is 12.1 Å². The van der Waals surface area contributed by atoms with Crippen LogP contribution >= 0.6 is 0 Å².